The van der Waals surface area contributed by atoms with Gasteiger partial charge in [0.2, 0.25) is 10.0 Å². The maximum atomic E-state index is 13.0. The molecule has 1 heterocycles. The van der Waals surface area contributed by atoms with Crippen molar-refractivity contribution in [3.8, 4) is 11.5 Å². The first-order valence-corrected chi connectivity index (χ1v) is 9.77. The van der Waals surface area contributed by atoms with Crippen molar-refractivity contribution in [1.29, 1.82) is 0 Å². The molecule has 0 spiro atoms. The maximum Gasteiger partial charge on any atom is 0.246 e. The van der Waals surface area contributed by atoms with Crippen molar-refractivity contribution in [1.82, 2.24) is 9.21 Å². The minimum Gasteiger partial charge on any atom is -0.497 e. The molecule has 1 fully saturated rings. The van der Waals surface area contributed by atoms with E-state index in [0.717, 1.165) is 26.1 Å². The topological polar surface area (TPSA) is 59.1 Å². The van der Waals surface area contributed by atoms with Crippen LogP contribution in [0, 0.1) is 5.92 Å². The van der Waals surface area contributed by atoms with Gasteiger partial charge >= 0.3 is 0 Å². The molecule has 6 nitrogen and oxygen atoms in total. The van der Waals surface area contributed by atoms with Crippen molar-refractivity contribution in [2.45, 2.75) is 25.2 Å². The molecule has 1 aromatic carbocycles. The molecule has 0 bridgehead atoms. The number of ether oxygens (including phenoxy) is 2. The average Bonchev–Trinajstić information content (AvgIpc) is 2.59. The molecule has 0 amide bonds. The number of benzene rings is 1. The van der Waals surface area contributed by atoms with Gasteiger partial charge in [0.1, 0.15) is 16.4 Å². The first kappa shape index (κ1) is 19.0. The molecule has 0 unspecified atom stereocenters. The van der Waals surface area contributed by atoms with Crippen LogP contribution in [0.4, 0.5) is 0 Å². The van der Waals surface area contributed by atoms with Crippen LogP contribution in [0.1, 0.15) is 20.3 Å². The quantitative estimate of drug-likeness (QED) is 0.748. The van der Waals surface area contributed by atoms with Gasteiger partial charge < -0.3 is 14.4 Å². The van der Waals surface area contributed by atoms with E-state index < -0.39 is 10.0 Å². The number of methoxy groups -OCH3 is 2. The van der Waals surface area contributed by atoms with E-state index in [2.05, 4.69) is 18.7 Å². The number of sulfonamides is 1. The molecule has 1 aliphatic rings. The molecule has 0 aromatic heterocycles. The number of hydrogen-bond acceptors (Lipinski definition) is 5. The summed E-state index contributed by atoms with van der Waals surface area (Å²) in [4.78, 5) is 2.49. The fourth-order valence-electron chi connectivity index (χ4n) is 2.76. The van der Waals surface area contributed by atoms with Gasteiger partial charge in [-0.1, -0.05) is 13.8 Å². The van der Waals surface area contributed by atoms with Crippen LogP contribution in [0.25, 0.3) is 0 Å². The van der Waals surface area contributed by atoms with Crippen LogP contribution in [0.2, 0.25) is 0 Å². The normalized spacial score (nSPS) is 17.2. The van der Waals surface area contributed by atoms with Gasteiger partial charge in [-0.05, 0) is 31.0 Å². The Morgan fingerprint density at radius 2 is 1.75 bits per heavy atom. The van der Waals surface area contributed by atoms with Crippen molar-refractivity contribution in [2.24, 2.45) is 5.92 Å². The first-order chi connectivity index (χ1) is 11.4. The number of hydrogen-bond donors (Lipinski definition) is 0. The fraction of sp³-hybridized carbons (Fsp3) is 0.647. The molecule has 0 atom stereocenters. The second-order valence-electron chi connectivity index (χ2n) is 6.45. The predicted molar refractivity (Wildman–Crippen MR) is 94.2 cm³/mol. The molecule has 0 aliphatic carbocycles. The zero-order valence-electron chi connectivity index (χ0n) is 15.0. The standard InChI is InChI=1S/C17H28N2O4S/c1-14(2)7-8-18-9-11-19(12-10-18)24(20,21)17-13-15(22-3)5-6-16(17)23-4/h5-6,13-14H,7-12H2,1-4H3. The zero-order chi connectivity index (χ0) is 17.7. The minimum absolute atomic E-state index is 0.167. The van der Waals surface area contributed by atoms with Crippen LogP contribution in [-0.2, 0) is 10.0 Å². The highest BCUT2D eigenvalue weighted by Gasteiger charge is 2.31. The highest BCUT2D eigenvalue weighted by atomic mass is 32.2. The number of rotatable bonds is 7. The molecule has 1 saturated heterocycles. The molecule has 0 N–H and O–H groups in total. The van der Waals surface area contributed by atoms with Gasteiger partial charge in [0, 0.05) is 32.2 Å². The highest BCUT2D eigenvalue weighted by Crippen LogP contribution is 2.31. The van der Waals surface area contributed by atoms with Crippen LogP contribution in [0.3, 0.4) is 0 Å². The Morgan fingerprint density at radius 3 is 2.29 bits per heavy atom. The second-order valence-corrected chi connectivity index (χ2v) is 8.35. The van der Waals surface area contributed by atoms with Crippen LogP contribution >= 0.6 is 0 Å². The summed E-state index contributed by atoms with van der Waals surface area (Å²) in [5.74, 6) is 1.51. The van der Waals surface area contributed by atoms with Crippen molar-refractivity contribution < 1.29 is 17.9 Å². The molecule has 2 rings (SSSR count). The smallest absolute Gasteiger partial charge is 0.246 e. The van der Waals surface area contributed by atoms with Gasteiger partial charge in [-0.15, -0.1) is 0 Å². The lowest BCUT2D eigenvalue weighted by atomic mass is 10.1. The van der Waals surface area contributed by atoms with E-state index >= 15 is 0 Å². The Morgan fingerprint density at radius 1 is 1.08 bits per heavy atom. The molecule has 0 radical (unpaired) electrons. The first-order valence-electron chi connectivity index (χ1n) is 8.33. The van der Waals surface area contributed by atoms with E-state index in [4.69, 9.17) is 9.47 Å². The zero-order valence-corrected chi connectivity index (χ0v) is 15.8. The Hall–Kier alpha value is -1.31. The lowest BCUT2D eigenvalue weighted by Gasteiger charge is -2.34. The molecule has 7 heteroatoms. The molecular formula is C17H28N2O4S. The van der Waals surface area contributed by atoms with E-state index in [9.17, 15) is 8.42 Å². The minimum atomic E-state index is -3.59. The third-order valence-corrected chi connectivity index (χ3v) is 6.26. The third-order valence-electron chi connectivity index (χ3n) is 4.34. The van der Waals surface area contributed by atoms with Gasteiger partial charge in [0.25, 0.3) is 0 Å². The van der Waals surface area contributed by atoms with E-state index in [0.29, 0.717) is 30.5 Å². The molecule has 0 saturated carbocycles. The molecular weight excluding hydrogens is 328 g/mol. The monoisotopic (exact) mass is 356 g/mol. The summed E-state index contributed by atoms with van der Waals surface area (Å²) in [5, 5.41) is 0. The molecule has 1 aliphatic heterocycles. The fourth-order valence-corrected chi connectivity index (χ4v) is 4.35. The molecule has 1 aromatic rings. The third kappa shape index (κ3) is 4.40. The van der Waals surface area contributed by atoms with Crippen LogP contribution in [0.15, 0.2) is 23.1 Å². The second kappa shape index (κ2) is 8.18. The lowest BCUT2D eigenvalue weighted by Crippen LogP contribution is -2.48. The number of piperazine rings is 1. The lowest BCUT2D eigenvalue weighted by molar-refractivity contribution is 0.180. The Labute approximate surface area is 145 Å². The highest BCUT2D eigenvalue weighted by molar-refractivity contribution is 7.89. The predicted octanol–water partition coefficient (Wildman–Crippen LogP) is 2.06. The Balaban J connectivity index is 2.12. The van der Waals surface area contributed by atoms with Crippen molar-refractivity contribution in [3.05, 3.63) is 18.2 Å². The number of nitrogens with zero attached hydrogens (tertiary/aromatic N) is 2. The molecule has 24 heavy (non-hydrogen) atoms. The van der Waals surface area contributed by atoms with Crippen molar-refractivity contribution >= 4 is 10.0 Å². The average molecular weight is 356 g/mol. The summed E-state index contributed by atoms with van der Waals surface area (Å²) in [6.45, 7) is 7.96. The summed E-state index contributed by atoms with van der Waals surface area (Å²) in [5.41, 5.74) is 0. The van der Waals surface area contributed by atoms with Crippen LogP contribution in [-0.4, -0.2) is 64.6 Å². The van der Waals surface area contributed by atoms with E-state index in [1.807, 2.05) is 0 Å². The van der Waals surface area contributed by atoms with Gasteiger partial charge in [-0.2, -0.15) is 4.31 Å². The molecule has 136 valence electrons. The summed E-state index contributed by atoms with van der Waals surface area (Å²) in [6.07, 6.45) is 1.14. The van der Waals surface area contributed by atoms with E-state index in [1.54, 1.807) is 12.1 Å². The Kier molecular flexibility index (Phi) is 6.48. The van der Waals surface area contributed by atoms with E-state index in [1.165, 1.54) is 24.6 Å². The van der Waals surface area contributed by atoms with Crippen molar-refractivity contribution in [2.75, 3.05) is 46.9 Å². The van der Waals surface area contributed by atoms with Crippen LogP contribution < -0.4 is 9.47 Å². The summed E-state index contributed by atoms with van der Waals surface area (Å²) < 4.78 is 37.9. The van der Waals surface area contributed by atoms with Gasteiger partial charge in [0.15, 0.2) is 0 Å². The SMILES string of the molecule is COc1ccc(OC)c(S(=O)(=O)N2CCN(CCC(C)C)CC2)c1. The summed E-state index contributed by atoms with van der Waals surface area (Å²) >= 11 is 0. The van der Waals surface area contributed by atoms with Gasteiger partial charge in [-0.25, -0.2) is 8.42 Å². The Bertz CT molecular complexity index is 638. The summed E-state index contributed by atoms with van der Waals surface area (Å²) in [7, 11) is -0.594. The van der Waals surface area contributed by atoms with Crippen LogP contribution in [0.5, 0.6) is 11.5 Å². The maximum absolute atomic E-state index is 13.0. The van der Waals surface area contributed by atoms with Gasteiger partial charge in [0.05, 0.1) is 14.2 Å². The van der Waals surface area contributed by atoms with E-state index in [-0.39, 0.29) is 4.90 Å². The van der Waals surface area contributed by atoms with Crippen molar-refractivity contribution in [3.63, 3.8) is 0 Å². The summed E-state index contributed by atoms with van der Waals surface area (Å²) in [6, 6.07) is 4.85. The van der Waals surface area contributed by atoms with Gasteiger partial charge in [-0.3, -0.25) is 0 Å². The largest absolute Gasteiger partial charge is 0.497 e.